The van der Waals surface area contributed by atoms with Gasteiger partial charge < -0.3 is 5.32 Å². The van der Waals surface area contributed by atoms with E-state index in [1.54, 1.807) is 23.1 Å². The zero-order chi connectivity index (χ0) is 23.7. The van der Waals surface area contributed by atoms with Crippen LogP contribution < -0.4 is 5.32 Å². The van der Waals surface area contributed by atoms with Gasteiger partial charge in [-0.3, -0.25) is 9.69 Å². The highest BCUT2D eigenvalue weighted by Gasteiger charge is 2.36. The van der Waals surface area contributed by atoms with Crippen LogP contribution in [0.4, 0.5) is 17.6 Å². The minimum atomic E-state index is -4.67. The Kier molecular flexibility index (Phi) is 6.94. The van der Waals surface area contributed by atoms with Gasteiger partial charge in [0, 0.05) is 31.7 Å². The molecule has 2 aromatic carbocycles. The average Bonchev–Trinajstić information content (AvgIpc) is 3.10. The second-order valence-electron chi connectivity index (χ2n) is 7.54. The van der Waals surface area contributed by atoms with Crippen molar-refractivity contribution in [1.29, 1.82) is 0 Å². The maximum Gasteiger partial charge on any atom is 0.416 e. The van der Waals surface area contributed by atoms with Crippen molar-refractivity contribution in [3.05, 3.63) is 70.0 Å². The van der Waals surface area contributed by atoms with E-state index in [0.29, 0.717) is 29.3 Å². The number of sulfone groups is 1. The number of rotatable bonds is 3. The number of nitrogens with zero attached hydrogens (tertiary/aromatic N) is 1. The standard InChI is InChI=1S/C20H18F4N2O3S.C2H6/c21-16-6-12(5-15(8-16)20(22,23)24)10-26-3-4-30(28,29)18(11-26)13-1-2-17-14(7-13)9-25-19(17)27;1-2/h1-2,5-8,18H,3-4,9-11H2,(H,25,27);1-2H3. The zero-order valence-electron chi connectivity index (χ0n) is 17.7. The van der Waals surface area contributed by atoms with Crippen molar-refractivity contribution in [2.45, 2.75) is 38.4 Å². The average molecular weight is 473 g/mol. The van der Waals surface area contributed by atoms with Crippen LogP contribution >= 0.6 is 0 Å². The third kappa shape index (κ3) is 5.12. The first-order valence-corrected chi connectivity index (χ1v) is 12.0. The molecule has 0 spiro atoms. The van der Waals surface area contributed by atoms with Gasteiger partial charge >= 0.3 is 6.18 Å². The van der Waals surface area contributed by atoms with Crippen molar-refractivity contribution in [2.75, 3.05) is 18.8 Å². The molecular formula is C22H24F4N2O3S. The molecule has 2 aliphatic rings. The van der Waals surface area contributed by atoms with E-state index >= 15 is 0 Å². The van der Waals surface area contributed by atoms with Gasteiger partial charge in [-0.05, 0) is 41.0 Å². The van der Waals surface area contributed by atoms with Gasteiger partial charge in [0.2, 0.25) is 0 Å². The van der Waals surface area contributed by atoms with Crippen molar-refractivity contribution < 1.29 is 30.8 Å². The van der Waals surface area contributed by atoms with E-state index < -0.39 is 32.6 Å². The van der Waals surface area contributed by atoms with E-state index in [-0.39, 0.29) is 36.9 Å². The molecule has 1 unspecified atom stereocenters. The molecule has 1 saturated heterocycles. The van der Waals surface area contributed by atoms with Gasteiger partial charge in [-0.25, -0.2) is 12.8 Å². The minimum absolute atomic E-state index is 0.00214. The van der Waals surface area contributed by atoms with Gasteiger partial charge in [0.1, 0.15) is 5.82 Å². The zero-order valence-corrected chi connectivity index (χ0v) is 18.5. The molecule has 0 bridgehead atoms. The van der Waals surface area contributed by atoms with Gasteiger partial charge in [0.25, 0.3) is 5.91 Å². The molecule has 0 radical (unpaired) electrons. The summed E-state index contributed by atoms with van der Waals surface area (Å²) in [5.74, 6) is -1.36. The summed E-state index contributed by atoms with van der Waals surface area (Å²) >= 11 is 0. The first kappa shape index (κ1) is 24.2. The van der Waals surface area contributed by atoms with E-state index in [0.717, 1.165) is 12.1 Å². The van der Waals surface area contributed by atoms with E-state index in [4.69, 9.17) is 0 Å². The van der Waals surface area contributed by atoms with Crippen LogP contribution in [0.3, 0.4) is 0 Å². The summed E-state index contributed by atoms with van der Waals surface area (Å²) in [7, 11) is -3.47. The highest BCUT2D eigenvalue weighted by Crippen LogP contribution is 2.33. The molecule has 2 aliphatic heterocycles. The van der Waals surface area contributed by atoms with Crippen LogP contribution in [0, 0.1) is 5.82 Å². The molecule has 1 fully saturated rings. The van der Waals surface area contributed by atoms with Crippen LogP contribution in [0.5, 0.6) is 0 Å². The molecule has 0 aliphatic carbocycles. The van der Waals surface area contributed by atoms with E-state index in [1.165, 1.54) is 0 Å². The number of amides is 1. The number of halogens is 4. The van der Waals surface area contributed by atoms with Gasteiger partial charge in [0.05, 0.1) is 16.6 Å². The predicted molar refractivity (Wildman–Crippen MR) is 112 cm³/mol. The van der Waals surface area contributed by atoms with Crippen LogP contribution in [0.25, 0.3) is 0 Å². The first-order valence-electron chi connectivity index (χ1n) is 10.2. The molecule has 1 N–H and O–H groups in total. The van der Waals surface area contributed by atoms with Gasteiger partial charge in [0.15, 0.2) is 9.84 Å². The lowest BCUT2D eigenvalue weighted by atomic mass is 10.0. The lowest BCUT2D eigenvalue weighted by molar-refractivity contribution is -0.137. The molecule has 2 heterocycles. The fraction of sp³-hybridized carbons (Fsp3) is 0.409. The van der Waals surface area contributed by atoms with Crippen LogP contribution in [0.2, 0.25) is 0 Å². The topological polar surface area (TPSA) is 66.5 Å². The summed E-state index contributed by atoms with van der Waals surface area (Å²) in [6, 6.07) is 7.21. The highest BCUT2D eigenvalue weighted by molar-refractivity contribution is 7.91. The largest absolute Gasteiger partial charge is 0.416 e. The van der Waals surface area contributed by atoms with Gasteiger partial charge in [-0.15, -0.1) is 0 Å². The van der Waals surface area contributed by atoms with Crippen molar-refractivity contribution in [1.82, 2.24) is 10.2 Å². The van der Waals surface area contributed by atoms with Crippen LogP contribution in [-0.4, -0.2) is 38.1 Å². The molecule has 1 atom stereocenters. The maximum absolute atomic E-state index is 13.7. The second kappa shape index (κ2) is 9.19. The molecule has 10 heteroatoms. The predicted octanol–water partition coefficient (Wildman–Crippen LogP) is 4.09. The number of carbonyl (C=O) groups excluding carboxylic acids is 1. The third-order valence-electron chi connectivity index (χ3n) is 5.43. The number of benzene rings is 2. The van der Waals surface area contributed by atoms with E-state index in [2.05, 4.69) is 5.32 Å². The van der Waals surface area contributed by atoms with Crippen LogP contribution in [0.15, 0.2) is 36.4 Å². The van der Waals surface area contributed by atoms with Gasteiger partial charge in [-0.2, -0.15) is 13.2 Å². The summed E-state index contributed by atoms with van der Waals surface area (Å²) in [5, 5.41) is 1.80. The molecule has 0 aromatic heterocycles. The van der Waals surface area contributed by atoms with Crippen LogP contribution in [-0.2, 0) is 29.1 Å². The van der Waals surface area contributed by atoms with Crippen molar-refractivity contribution in [3.8, 4) is 0 Å². The molecule has 1 amide bonds. The Balaban J connectivity index is 0.00000141. The normalized spacial score (nSPS) is 20.2. The number of hydrogen-bond acceptors (Lipinski definition) is 4. The van der Waals surface area contributed by atoms with Crippen molar-refractivity contribution >= 4 is 15.7 Å². The summed E-state index contributed by atoms with van der Waals surface area (Å²) in [6.45, 7) is 4.53. The number of hydrogen-bond donors (Lipinski definition) is 1. The summed E-state index contributed by atoms with van der Waals surface area (Å²) in [6.07, 6.45) is -4.67. The fourth-order valence-corrected chi connectivity index (χ4v) is 5.71. The molecule has 32 heavy (non-hydrogen) atoms. The summed E-state index contributed by atoms with van der Waals surface area (Å²) in [4.78, 5) is 13.4. The Hall–Kier alpha value is -2.46. The fourth-order valence-electron chi connectivity index (χ4n) is 3.91. The number of carbonyl (C=O) groups is 1. The molecule has 174 valence electrons. The first-order chi connectivity index (χ1) is 15.0. The Morgan fingerprint density at radius 2 is 1.84 bits per heavy atom. The molecular weight excluding hydrogens is 448 g/mol. The lowest BCUT2D eigenvalue weighted by Gasteiger charge is -2.33. The van der Waals surface area contributed by atoms with E-state index in [1.807, 2.05) is 13.8 Å². The number of nitrogens with one attached hydrogen (secondary N) is 1. The Morgan fingerprint density at radius 1 is 1.12 bits per heavy atom. The Bertz CT molecular complexity index is 1120. The Labute approximate surface area is 184 Å². The second-order valence-corrected chi connectivity index (χ2v) is 9.84. The third-order valence-corrected chi connectivity index (χ3v) is 7.47. The summed E-state index contributed by atoms with van der Waals surface area (Å²) < 4.78 is 77.9. The quantitative estimate of drug-likeness (QED) is 0.684. The monoisotopic (exact) mass is 472 g/mol. The maximum atomic E-state index is 13.7. The minimum Gasteiger partial charge on any atom is -0.348 e. The highest BCUT2D eigenvalue weighted by atomic mass is 32.2. The molecule has 0 saturated carbocycles. The molecule has 4 rings (SSSR count). The summed E-state index contributed by atoms with van der Waals surface area (Å²) in [5.41, 5.74) is 0.803. The smallest absolute Gasteiger partial charge is 0.348 e. The lowest BCUT2D eigenvalue weighted by Crippen LogP contribution is -2.42. The number of alkyl halides is 3. The molecule has 2 aromatic rings. The van der Waals surface area contributed by atoms with Crippen molar-refractivity contribution in [3.63, 3.8) is 0 Å². The SMILES string of the molecule is CC.O=C1NCc2cc(C3CN(Cc4cc(F)cc(C(F)(F)F)c4)CCS3(=O)=O)ccc21. The molecule has 5 nitrogen and oxygen atoms in total. The number of fused-ring (bicyclic) bond motifs is 1. The van der Waals surface area contributed by atoms with Gasteiger partial charge in [-0.1, -0.05) is 26.0 Å². The van der Waals surface area contributed by atoms with Crippen LogP contribution in [0.1, 0.15) is 51.7 Å². The Morgan fingerprint density at radius 3 is 2.53 bits per heavy atom. The van der Waals surface area contributed by atoms with E-state index in [9.17, 15) is 30.8 Å². The van der Waals surface area contributed by atoms with Crippen molar-refractivity contribution in [2.24, 2.45) is 0 Å².